The van der Waals surface area contributed by atoms with Gasteiger partial charge in [-0.05, 0) is 37.5 Å². The van der Waals surface area contributed by atoms with Gasteiger partial charge in [0.05, 0.1) is 6.61 Å². The first kappa shape index (κ1) is 18.9. The average Bonchev–Trinajstić information content (AvgIpc) is 2.69. The summed E-state index contributed by atoms with van der Waals surface area (Å²) in [5.41, 5.74) is 0.886. The van der Waals surface area contributed by atoms with E-state index >= 15 is 0 Å². The Balaban J connectivity index is 1.85. The molecule has 2 aromatic rings. The van der Waals surface area contributed by atoms with E-state index in [1.54, 1.807) is 24.3 Å². The van der Waals surface area contributed by atoms with Gasteiger partial charge in [-0.2, -0.15) is 0 Å². The first-order chi connectivity index (χ1) is 12.6. The third-order valence-corrected chi connectivity index (χ3v) is 6.32. The number of sulfonamides is 1. The fourth-order valence-electron chi connectivity index (χ4n) is 3.38. The van der Waals surface area contributed by atoms with Gasteiger partial charge in [0.15, 0.2) is 0 Å². The molecule has 2 aromatic carbocycles. The van der Waals surface area contributed by atoms with E-state index in [1.165, 1.54) is 0 Å². The van der Waals surface area contributed by atoms with E-state index in [1.807, 2.05) is 25.1 Å². The fourth-order valence-corrected chi connectivity index (χ4v) is 4.65. The van der Waals surface area contributed by atoms with Crippen molar-refractivity contribution in [3.63, 3.8) is 0 Å². The lowest BCUT2D eigenvalue weighted by molar-refractivity contribution is 0.0517. The average molecular weight is 375 g/mol. The van der Waals surface area contributed by atoms with Crippen LogP contribution in [0, 0.1) is 0 Å². The Bertz CT molecular complexity index is 815. The van der Waals surface area contributed by atoms with Gasteiger partial charge in [-0.25, -0.2) is 13.1 Å². The van der Waals surface area contributed by atoms with Gasteiger partial charge < -0.3 is 9.47 Å². The van der Waals surface area contributed by atoms with Crippen molar-refractivity contribution in [3.05, 3.63) is 60.2 Å². The van der Waals surface area contributed by atoms with Gasteiger partial charge in [0.2, 0.25) is 10.0 Å². The van der Waals surface area contributed by atoms with Crippen LogP contribution in [0.15, 0.2) is 59.5 Å². The third kappa shape index (κ3) is 4.09. The van der Waals surface area contributed by atoms with Crippen LogP contribution in [-0.4, -0.2) is 34.8 Å². The minimum atomic E-state index is -3.67. The number of hydrogen-bond donors (Lipinski definition) is 1. The molecule has 1 N–H and O–H groups in total. The fraction of sp³-hybridized carbons (Fsp3) is 0.400. The maximum Gasteiger partial charge on any atom is 0.244 e. The van der Waals surface area contributed by atoms with Gasteiger partial charge >= 0.3 is 0 Å². The van der Waals surface area contributed by atoms with Crippen LogP contribution in [-0.2, 0) is 20.2 Å². The quantitative estimate of drug-likeness (QED) is 0.808. The lowest BCUT2D eigenvalue weighted by Crippen LogP contribution is -2.44. The van der Waals surface area contributed by atoms with E-state index in [4.69, 9.17) is 9.47 Å². The second-order valence-electron chi connectivity index (χ2n) is 6.46. The van der Waals surface area contributed by atoms with E-state index in [2.05, 4.69) is 16.9 Å². The zero-order valence-corrected chi connectivity index (χ0v) is 15.8. The van der Waals surface area contributed by atoms with Crippen molar-refractivity contribution in [1.82, 2.24) is 4.72 Å². The van der Waals surface area contributed by atoms with Crippen molar-refractivity contribution in [2.24, 2.45) is 0 Å². The Kier molecular flexibility index (Phi) is 5.96. The van der Waals surface area contributed by atoms with Crippen LogP contribution >= 0.6 is 0 Å². The summed E-state index contributed by atoms with van der Waals surface area (Å²) < 4.78 is 39.7. The minimum absolute atomic E-state index is 0.178. The molecular weight excluding hydrogens is 350 g/mol. The first-order valence-electron chi connectivity index (χ1n) is 8.92. The molecule has 6 heteroatoms. The lowest BCUT2D eigenvalue weighted by Gasteiger charge is -2.38. The van der Waals surface area contributed by atoms with Crippen LogP contribution in [0.25, 0.3) is 0 Å². The van der Waals surface area contributed by atoms with E-state index in [0.29, 0.717) is 32.1 Å². The molecule has 0 unspecified atom stereocenters. The Hall–Kier alpha value is -1.89. The maximum absolute atomic E-state index is 12.9. The molecule has 1 aliphatic rings. The number of benzene rings is 2. The van der Waals surface area contributed by atoms with Crippen LogP contribution in [0.5, 0.6) is 5.75 Å². The Morgan fingerprint density at radius 3 is 2.38 bits per heavy atom. The number of para-hydroxylation sites is 1. The van der Waals surface area contributed by atoms with E-state index in [0.717, 1.165) is 18.4 Å². The van der Waals surface area contributed by atoms with Crippen LogP contribution in [0.4, 0.5) is 0 Å². The van der Waals surface area contributed by atoms with Crippen LogP contribution in [0.3, 0.4) is 0 Å². The summed E-state index contributed by atoms with van der Waals surface area (Å²) in [7, 11) is -3.67. The lowest BCUT2D eigenvalue weighted by atomic mass is 9.74. The molecule has 0 spiro atoms. The molecule has 0 atom stereocenters. The van der Waals surface area contributed by atoms with E-state index in [-0.39, 0.29) is 10.3 Å². The second kappa shape index (κ2) is 8.20. The number of hydrogen-bond acceptors (Lipinski definition) is 4. The summed E-state index contributed by atoms with van der Waals surface area (Å²) in [4.78, 5) is 0.178. The smallest absolute Gasteiger partial charge is 0.244 e. The Morgan fingerprint density at radius 1 is 1.04 bits per heavy atom. The monoisotopic (exact) mass is 375 g/mol. The highest BCUT2D eigenvalue weighted by atomic mass is 32.2. The first-order valence-corrected chi connectivity index (χ1v) is 10.4. The summed E-state index contributed by atoms with van der Waals surface area (Å²) in [6.07, 6.45) is 1.57. The molecule has 1 heterocycles. The summed E-state index contributed by atoms with van der Waals surface area (Å²) in [5.74, 6) is 0.378. The summed E-state index contributed by atoms with van der Waals surface area (Å²) in [6.45, 7) is 3.85. The molecule has 0 aromatic heterocycles. The highest BCUT2D eigenvalue weighted by Crippen LogP contribution is 2.35. The highest BCUT2D eigenvalue weighted by molar-refractivity contribution is 7.89. The van der Waals surface area contributed by atoms with Crippen LogP contribution in [0.1, 0.15) is 25.3 Å². The van der Waals surface area contributed by atoms with Crippen molar-refractivity contribution >= 4 is 10.0 Å². The van der Waals surface area contributed by atoms with E-state index in [9.17, 15) is 8.42 Å². The second-order valence-corrected chi connectivity index (χ2v) is 8.20. The van der Waals surface area contributed by atoms with Crippen LogP contribution in [0.2, 0.25) is 0 Å². The standard InChI is InChI=1S/C20H25NO4S/c1-2-25-18-10-6-7-11-19(18)26(22,23)21-16-20(12-14-24-15-13-20)17-8-4-3-5-9-17/h3-11,21H,2,12-16H2,1H3. The highest BCUT2D eigenvalue weighted by Gasteiger charge is 2.36. The minimum Gasteiger partial charge on any atom is -0.492 e. The van der Waals surface area contributed by atoms with Gasteiger partial charge in [-0.15, -0.1) is 0 Å². The molecule has 26 heavy (non-hydrogen) atoms. The number of ether oxygens (including phenoxy) is 2. The van der Waals surface area contributed by atoms with Gasteiger partial charge in [-0.1, -0.05) is 42.5 Å². The molecule has 1 fully saturated rings. The molecule has 1 saturated heterocycles. The number of nitrogens with one attached hydrogen (secondary N) is 1. The van der Waals surface area contributed by atoms with E-state index < -0.39 is 10.0 Å². The normalized spacial score (nSPS) is 17.0. The summed E-state index contributed by atoms with van der Waals surface area (Å²) in [6, 6.07) is 16.8. The molecule has 0 aliphatic carbocycles. The zero-order valence-electron chi connectivity index (χ0n) is 15.0. The molecule has 5 nitrogen and oxygen atoms in total. The third-order valence-electron chi connectivity index (χ3n) is 4.88. The van der Waals surface area contributed by atoms with Gasteiger partial charge in [0.25, 0.3) is 0 Å². The predicted octanol–water partition coefficient (Wildman–Crippen LogP) is 3.11. The maximum atomic E-state index is 12.9. The van der Waals surface area contributed by atoms with Crippen molar-refractivity contribution in [2.75, 3.05) is 26.4 Å². The summed E-state index contributed by atoms with van der Waals surface area (Å²) >= 11 is 0. The van der Waals surface area contributed by atoms with Crippen molar-refractivity contribution in [2.45, 2.75) is 30.1 Å². The SMILES string of the molecule is CCOc1ccccc1S(=O)(=O)NCC1(c2ccccc2)CCOCC1. The molecule has 3 rings (SSSR count). The molecule has 0 bridgehead atoms. The zero-order chi connectivity index (χ0) is 18.5. The Labute approximate surface area is 155 Å². The molecule has 1 aliphatic heterocycles. The molecule has 0 saturated carbocycles. The topological polar surface area (TPSA) is 64.6 Å². The molecule has 0 radical (unpaired) electrons. The van der Waals surface area contributed by atoms with Crippen molar-refractivity contribution in [1.29, 1.82) is 0 Å². The Morgan fingerprint density at radius 2 is 1.69 bits per heavy atom. The number of rotatable bonds is 7. The molecule has 140 valence electrons. The van der Waals surface area contributed by atoms with Crippen molar-refractivity contribution in [3.8, 4) is 5.75 Å². The van der Waals surface area contributed by atoms with Gasteiger partial charge in [0.1, 0.15) is 10.6 Å². The van der Waals surface area contributed by atoms with Crippen molar-refractivity contribution < 1.29 is 17.9 Å². The largest absolute Gasteiger partial charge is 0.492 e. The van der Waals surface area contributed by atoms with Gasteiger partial charge in [-0.3, -0.25) is 0 Å². The van der Waals surface area contributed by atoms with Crippen LogP contribution < -0.4 is 9.46 Å². The predicted molar refractivity (Wildman–Crippen MR) is 101 cm³/mol. The molecule has 0 amide bonds. The summed E-state index contributed by atoms with van der Waals surface area (Å²) in [5, 5.41) is 0. The molecular formula is C20H25NO4S. The van der Waals surface area contributed by atoms with Gasteiger partial charge in [0, 0.05) is 25.2 Å².